The van der Waals surface area contributed by atoms with Gasteiger partial charge in [-0.2, -0.15) is 0 Å². The van der Waals surface area contributed by atoms with Crippen LogP contribution in [-0.4, -0.2) is 15.0 Å². The molecule has 0 amide bonds. The predicted octanol–water partition coefficient (Wildman–Crippen LogP) is 3.17. The predicted molar refractivity (Wildman–Crippen MR) is 77.4 cm³/mol. The van der Waals surface area contributed by atoms with Crippen molar-refractivity contribution in [1.82, 2.24) is 15.0 Å². The van der Waals surface area contributed by atoms with Gasteiger partial charge in [-0.1, -0.05) is 11.8 Å². The summed E-state index contributed by atoms with van der Waals surface area (Å²) < 4.78 is 5.16. The standard InChI is InChI=1S/C12H12N4OS2/c1-6-7(2)19-11-9(6)10(13)15-8(16-11)5-18-12-14-3-4-17-12/h3-4H,5H2,1-2H3,(H2,13,15,16). The molecule has 3 aromatic rings. The highest BCUT2D eigenvalue weighted by atomic mass is 32.2. The molecule has 0 fully saturated rings. The molecule has 0 aliphatic heterocycles. The zero-order valence-corrected chi connectivity index (χ0v) is 12.1. The van der Waals surface area contributed by atoms with Crippen LogP contribution in [0.5, 0.6) is 0 Å². The van der Waals surface area contributed by atoms with Crippen molar-refractivity contribution in [2.24, 2.45) is 0 Å². The van der Waals surface area contributed by atoms with Crippen LogP contribution in [0, 0.1) is 13.8 Å². The summed E-state index contributed by atoms with van der Waals surface area (Å²) in [5.41, 5.74) is 7.20. The zero-order valence-electron chi connectivity index (χ0n) is 10.5. The molecule has 0 radical (unpaired) electrons. The largest absolute Gasteiger partial charge is 0.440 e. The van der Waals surface area contributed by atoms with Crippen molar-refractivity contribution >= 4 is 39.1 Å². The number of aryl methyl sites for hydroxylation is 2. The molecule has 0 bridgehead atoms. The normalized spacial score (nSPS) is 11.3. The average molecular weight is 292 g/mol. The minimum absolute atomic E-state index is 0.551. The van der Waals surface area contributed by atoms with Crippen LogP contribution in [0.4, 0.5) is 5.82 Å². The zero-order chi connectivity index (χ0) is 13.4. The van der Waals surface area contributed by atoms with Crippen LogP contribution in [0.3, 0.4) is 0 Å². The summed E-state index contributed by atoms with van der Waals surface area (Å²) >= 11 is 3.11. The van der Waals surface area contributed by atoms with Gasteiger partial charge in [-0.25, -0.2) is 15.0 Å². The first kappa shape index (κ1) is 12.4. The van der Waals surface area contributed by atoms with Gasteiger partial charge < -0.3 is 10.2 Å². The van der Waals surface area contributed by atoms with Crippen molar-refractivity contribution in [2.45, 2.75) is 24.8 Å². The Morgan fingerprint density at radius 1 is 1.37 bits per heavy atom. The fraction of sp³-hybridized carbons (Fsp3) is 0.250. The Hall–Kier alpha value is -1.60. The maximum absolute atomic E-state index is 6.03. The SMILES string of the molecule is Cc1sc2nc(CSc3ncco3)nc(N)c2c1C. The van der Waals surface area contributed by atoms with Crippen molar-refractivity contribution in [1.29, 1.82) is 0 Å². The smallest absolute Gasteiger partial charge is 0.255 e. The fourth-order valence-corrected chi connectivity index (χ4v) is 3.50. The van der Waals surface area contributed by atoms with Crippen LogP contribution in [0.25, 0.3) is 10.2 Å². The number of nitrogens with zero attached hydrogens (tertiary/aromatic N) is 3. The van der Waals surface area contributed by atoms with Gasteiger partial charge in [0.2, 0.25) is 0 Å². The van der Waals surface area contributed by atoms with Gasteiger partial charge in [0.15, 0.2) is 0 Å². The summed E-state index contributed by atoms with van der Waals surface area (Å²) in [6, 6.07) is 0. The van der Waals surface area contributed by atoms with Gasteiger partial charge in [0.05, 0.1) is 17.3 Å². The quantitative estimate of drug-likeness (QED) is 0.747. The molecule has 19 heavy (non-hydrogen) atoms. The van der Waals surface area contributed by atoms with Gasteiger partial charge in [-0.3, -0.25) is 0 Å². The van der Waals surface area contributed by atoms with E-state index in [4.69, 9.17) is 10.2 Å². The van der Waals surface area contributed by atoms with Crippen LogP contribution in [0.1, 0.15) is 16.3 Å². The Morgan fingerprint density at radius 3 is 2.95 bits per heavy atom. The molecular formula is C12H12N4OS2. The number of anilines is 1. The molecule has 2 N–H and O–H groups in total. The number of fused-ring (bicyclic) bond motifs is 1. The molecule has 5 nitrogen and oxygen atoms in total. The van der Waals surface area contributed by atoms with Crippen LogP contribution in [0.15, 0.2) is 22.1 Å². The van der Waals surface area contributed by atoms with Gasteiger partial charge in [0, 0.05) is 4.88 Å². The van der Waals surface area contributed by atoms with E-state index in [1.54, 1.807) is 23.8 Å². The number of thioether (sulfide) groups is 1. The van der Waals surface area contributed by atoms with Crippen LogP contribution in [0.2, 0.25) is 0 Å². The molecule has 0 spiro atoms. The molecule has 0 atom stereocenters. The lowest BCUT2D eigenvalue weighted by Gasteiger charge is -2.01. The first-order valence-electron chi connectivity index (χ1n) is 5.69. The van der Waals surface area contributed by atoms with E-state index in [1.165, 1.54) is 22.2 Å². The number of oxazole rings is 1. The van der Waals surface area contributed by atoms with Crippen LogP contribution < -0.4 is 5.73 Å². The Labute approximate surface area is 118 Å². The van der Waals surface area contributed by atoms with Crippen LogP contribution in [-0.2, 0) is 5.75 Å². The second-order valence-corrected chi connectivity index (χ2v) is 6.20. The van der Waals surface area contributed by atoms with Crippen molar-refractivity contribution in [3.05, 3.63) is 28.7 Å². The van der Waals surface area contributed by atoms with Crippen molar-refractivity contribution < 1.29 is 4.42 Å². The summed E-state index contributed by atoms with van der Waals surface area (Å²) in [5, 5.41) is 1.59. The second kappa shape index (κ2) is 4.82. The van der Waals surface area contributed by atoms with Crippen LogP contribution >= 0.6 is 23.1 Å². The summed E-state index contributed by atoms with van der Waals surface area (Å²) in [5.74, 6) is 1.85. The first-order valence-corrected chi connectivity index (χ1v) is 7.49. The van der Waals surface area contributed by atoms with E-state index in [0.717, 1.165) is 10.2 Å². The molecule has 0 saturated heterocycles. The van der Waals surface area contributed by atoms with E-state index in [-0.39, 0.29) is 0 Å². The number of aromatic nitrogens is 3. The molecule has 3 aromatic heterocycles. The molecule has 0 aromatic carbocycles. The average Bonchev–Trinajstić information content (AvgIpc) is 2.96. The maximum atomic E-state index is 6.03. The number of nitrogen functional groups attached to an aromatic ring is 1. The number of hydrogen-bond donors (Lipinski definition) is 1. The molecule has 98 valence electrons. The topological polar surface area (TPSA) is 77.8 Å². The lowest BCUT2D eigenvalue weighted by atomic mass is 10.2. The Morgan fingerprint density at radius 2 is 2.21 bits per heavy atom. The number of thiophene rings is 1. The van der Waals surface area contributed by atoms with E-state index < -0.39 is 0 Å². The van der Waals surface area contributed by atoms with E-state index in [1.807, 2.05) is 0 Å². The summed E-state index contributed by atoms with van der Waals surface area (Å²) in [7, 11) is 0. The highest BCUT2D eigenvalue weighted by Gasteiger charge is 2.13. The third-order valence-corrected chi connectivity index (χ3v) is 4.79. The molecule has 0 aliphatic rings. The molecule has 0 saturated carbocycles. The van der Waals surface area contributed by atoms with Crippen molar-refractivity contribution in [3.63, 3.8) is 0 Å². The first-order chi connectivity index (χ1) is 9.15. The van der Waals surface area contributed by atoms with Gasteiger partial charge in [-0.05, 0) is 19.4 Å². The molecule has 0 aliphatic carbocycles. The van der Waals surface area contributed by atoms with E-state index in [2.05, 4.69) is 28.8 Å². The van der Waals surface area contributed by atoms with Gasteiger partial charge in [-0.15, -0.1) is 11.3 Å². The summed E-state index contributed by atoms with van der Waals surface area (Å²) in [6.07, 6.45) is 3.17. The summed E-state index contributed by atoms with van der Waals surface area (Å²) in [4.78, 5) is 15.1. The van der Waals surface area contributed by atoms with Crippen molar-refractivity contribution in [3.8, 4) is 0 Å². The number of rotatable bonds is 3. The fourth-order valence-electron chi connectivity index (χ4n) is 1.80. The lowest BCUT2D eigenvalue weighted by Crippen LogP contribution is -1.99. The number of hydrogen-bond acceptors (Lipinski definition) is 7. The Bertz CT molecular complexity index is 721. The van der Waals surface area contributed by atoms with Crippen molar-refractivity contribution in [2.75, 3.05) is 5.73 Å². The Balaban J connectivity index is 1.92. The molecule has 3 heterocycles. The molecular weight excluding hydrogens is 280 g/mol. The lowest BCUT2D eigenvalue weighted by molar-refractivity contribution is 0.454. The monoisotopic (exact) mass is 292 g/mol. The van der Waals surface area contributed by atoms with Gasteiger partial charge in [0.1, 0.15) is 22.7 Å². The Kier molecular flexibility index (Phi) is 3.16. The minimum Gasteiger partial charge on any atom is -0.440 e. The van der Waals surface area contributed by atoms with E-state index in [9.17, 15) is 0 Å². The second-order valence-electron chi connectivity index (χ2n) is 4.08. The highest BCUT2D eigenvalue weighted by Crippen LogP contribution is 2.32. The highest BCUT2D eigenvalue weighted by molar-refractivity contribution is 7.98. The summed E-state index contributed by atoms with van der Waals surface area (Å²) in [6.45, 7) is 4.12. The number of nitrogens with two attached hydrogens (primary N) is 1. The van der Waals surface area contributed by atoms with Gasteiger partial charge >= 0.3 is 0 Å². The third-order valence-electron chi connectivity index (χ3n) is 2.84. The van der Waals surface area contributed by atoms with Gasteiger partial charge in [0.25, 0.3) is 5.22 Å². The molecule has 7 heteroatoms. The van der Waals surface area contributed by atoms with E-state index >= 15 is 0 Å². The third kappa shape index (κ3) is 2.31. The molecule has 3 rings (SSSR count). The molecule has 0 unspecified atom stereocenters. The minimum atomic E-state index is 0.551. The maximum Gasteiger partial charge on any atom is 0.255 e. The van der Waals surface area contributed by atoms with E-state index in [0.29, 0.717) is 22.6 Å².